The van der Waals surface area contributed by atoms with Crippen molar-refractivity contribution in [2.75, 3.05) is 6.61 Å². The molecule has 1 fully saturated rings. The zero-order valence-corrected chi connectivity index (χ0v) is 19.3. The fourth-order valence-electron chi connectivity index (χ4n) is 3.93. The van der Waals surface area contributed by atoms with Crippen LogP contribution in [0.3, 0.4) is 0 Å². The lowest BCUT2D eigenvalue weighted by atomic mass is 9.99. The van der Waals surface area contributed by atoms with Crippen LogP contribution in [0.1, 0.15) is 67.7 Å². The molecule has 1 atom stereocenters. The molecule has 1 aliphatic heterocycles. The Morgan fingerprint density at radius 2 is 1.94 bits per heavy atom. The molecule has 0 radical (unpaired) electrons. The Labute approximate surface area is 185 Å². The number of halogens is 1. The summed E-state index contributed by atoms with van der Waals surface area (Å²) >= 11 is 6.38. The van der Waals surface area contributed by atoms with Gasteiger partial charge in [0.1, 0.15) is 11.3 Å². The predicted molar refractivity (Wildman–Crippen MR) is 117 cm³/mol. The van der Waals surface area contributed by atoms with E-state index < -0.39 is 32.7 Å². The Bertz CT molecular complexity index is 1240. The van der Waals surface area contributed by atoms with E-state index in [2.05, 4.69) is 0 Å². The van der Waals surface area contributed by atoms with Gasteiger partial charge in [0.25, 0.3) is 5.56 Å². The van der Waals surface area contributed by atoms with E-state index in [4.69, 9.17) is 21.1 Å². The maximum Gasteiger partial charge on any atom is 0.344 e. The highest BCUT2D eigenvalue weighted by Crippen LogP contribution is 2.49. The predicted octanol–water partition coefficient (Wildman–Crippen LogP) is 4.32. The van der Waals surface area contributed by atoms with Crippen LogP contribution in [0.4, 0.5) is 0 Å². The lowest BCUT2D eigenvalue weighted by molar-refractivity contribution is 0.0375. The number of sulfone groups is 1. The maximum absolute atomic E-state index is 13.4. The summed E-state index contributed by atoms with van der Waals surface area (Å²) in [6.45, 7) is 7.06. The fraction of sp³-hybridized carbons (Fsp3) is 0.455. The first-order chi connectivity index (χ1) is 14.6. The first-order valence-corrected chi connectivity index (χ1v) is 12.2. The molecule has 2 aromatic rings. The molecule has 166 valence electrons. The minimum Gasteiger partial charge on any atom is -0.492 e. The van der Waals surface area contributed by atoms with Crippen molar-refractivity contribution in [3.8, 4) is 17.0 Å². The average molecular weight is 466 g/mol. The third kappa shape index (κ3) is 3.55. The molecule has 1 saturated carbocycles. The van der Waals surface area contributed by atoms with Crippen molar-refractivity contribution in [2.24, 2.45) is 0 Å². The zero-order chi connectivity index (χ0) is 22.7. The summed E-state index contributed by atoms with van der Waals surface area (Å²) in [5, 5.41) is -0.698. The van der Waals surface area contributed by atoms with Crippen LogP contribution in [0.2, 0.25) is 5.02 Å². The van der Waals surface area contributed by atoms with Gasteiger partial charge in [0.05, 0.1) is 33.6 Å². The second-order valence-electron chi connectivity index (χ2n) is 8.12. The highest BCUT2D eigenvalue weighted by Gasteiger charge is 2.41. The van der Waals surface area contributed by atoms with Crippen molar-refractivity contribution in [1.82, 2.24) is 4.57 Å². The first kappa shape index (κ1) is 21.9. The van der Waals surface area contributed by atoms with Gasteiger partial charge in [0.15, 0.2) is 9.84 Å². The van der Waals surface area contributed by atoms with Gasteiger partial charge in [-0.2, -0.15) is 0 Å². The van der Waals surface area contributed by atoms with E-state index in [1.54, 1.807) is 32.3 Å². The number of ether oxygens (including phenoxy) is 2. The summed E-state index contributed by atoms with van der Waals surface area (Å²) in [6, 6.07) is 4.24. The minimum atomic E-state index is -3.80. The van der Waals surface area contributed by atoms with Crippen molar-refractivity contribution >= 4 is 27.4 Å². The van der Waals surface area contributed by atoms with Gasteiger partial charge in [0.2, 0.25) is 0 Å². The standard InChI is InChI=1S/C22H24ClNO6S/c1-5-29-18-10-19-15(9-17(18)23)20-14(12(4)31(19,27)28)8-16(22(26)30-11(2)3)21(25)24(20)13-6-7-13/h8-13H,5-7H2,1-4H3. The molecule has 2 aliphatic rings. The van der Waals surface area contributed by atoms with Crippen LogP contribution in [-0.2, 0) is 14.6 Å². The van der Waals surface area contributed by atoms with E-state index in [0.29, 0.717) is 23.4 Å². The number of hydrogen-bond donors (Lipinski definition) is 0. The Kier molecular flexibility index (Phi) is 5.42. The van der Waals surface area contributed by atoms with Crippen molar-refractivity contribution in [2.45, 2.75) is 62.8 Å². The van der Waals surface area contributed by atoms with E-state index in [1.165, 1.54) is 18.2 Å². The summed E-state index contributed by atoms with van der Waals surface area (Å²) in [7, 11) is -3.80. The van der Waals surface area contributed by atoms with Gasteiger partial charge >= 0.3 is 5.97 Å². The quantitative estimate of drug-likeness (QED) is 0.611. The Morgan fingerprint density at radius 3 is 2.52 bits per heavy atom. The van der Waals surface area contributed by atoms with Crippen LogP contribution in [0.15, 0.2) is 27.9 Å². The second kappa shape index (κ2) is 7.67. The highest BCUT2D eigenvalue weighted by molar-refractivity contribution is 7.92. The van der Waals surface area contributed by atoms with Crippen LogP contribution in [-0.4, -0.2) is 31.7 Å². The minimum absolute atomic E-state index is 0.0756. The topological polar surface area (TPSA) is 91.7 Å². The number of aromatic nitrogens is 1. The van der Waals surface area contributed by atoms with Crippen molar-refractivity contribution < 1.29 is 22.7 Å². The third-order valence-corrected chi connectivity index (χ3v) is 7.97. The molecule has 4 rings (SSSR count). The van der Waals surface area contributed by atoms with Crippen LogP contribution < -0.4 is 10.3 Å². The SMILES string of the molecule is CCOc1cc2c(cc1Cl)-c1c(cc(C(=O)OC(C)C)c(=O)n1C1CC1)C(C)S2(=O)=O. The number of carbonyl (C=O) groups excluding carboxylic acids is 1. The normalized spacial score (nSPS) is 19.0. The van der Waals surface area contributed by atoms with Crippen LogP contribution in [0.25, 0.3) is 11.3 Å². The van der Waals surface area contributed by atoms with Crippen LogP contribution >= 0.6 is 11.6 Å². The molecule has 7 nitrogen and oxygen atoms in total. The molecule has 0 amide bonds. The molecule has 1 unspecified atom stereocenters. The number of fused-ring (bicyclic) bond motifs is 3. The molecular formula is C22H24ClNO6S. The number of pyridine rings is 1. The van der Waals surface area contributed by atoms with Gasteiger partial charge in [0, 0.05) is 17.7 Å². The maximum atomic E-state index is 13.4. The summed E-state index contributed by atoms with van der Waals surface area (Å²) < 4.78 is 39.0. The summed E-state index contributed by atoms with van der Waals surface area (Å²) in [5.74, 6) is -0.475. The van der Waals surface area contributed by atoms with E-state index in [9.17, 15) is 18.0 Å². The lowest BCUT2D eigenvalue weighted by Crippen LogP contribution is -2.33. The van der Waals surface area contributed by atoms with Gasteiger partial charge in [-0.15, -0.1) is 0 Å². The van der Waals surface area contributed by atoms with Crippen molar-refractivity contribution in [3.63, 3.8) is 0 Å². The smallest absolute Gasteiger partial charge is 0.344 e. The van der Waals surface area contributed by atoms with E-state index in [-0.39, 0.29) is 27.3 Å². The van der Waals surface area contributed by atoms with Crippen molar-refractivity contribution in [3.05, 3.63) is 44.7 Å². The number of rotatable bonds is 5. The van der Waals surface area contributed by atoms with Gasteiger partial charge in [-0.25, -0.2) is 13.2 Å². The molecule has 0 N–H and O–H groups in total. The number of benzene rings is 1. The molecule has 0 bridgehead atoms. The molecule has 9 heteroatoms. The van der Waals surface area contributed by atoms with Crippen LogP contribution in [0.5, 0.6) is 5.75 Å². The molecule has 0 spiro atoms. The number of esters is 1. The van der Waals surface area contributed by atoms with E-state index >= 15 is 0 Å². The monoisotopic (exact) mass is 465 g/mol. The summed E-state index contributed by atoms with van der Waals surface area (Å²) in [6.07, 6.45) is 1.14. The van der Waals surface area contributed by atoms with Gasteiger partial charge < -0.3 is 14.0 Å². The van der Waals surface area contributed by atoms with Crippen LogP contribution in [0, 0.1) is 0 Å². The third-order valence-electron chi connectivity index (χ3n) is 5.54. The molecule has 0 saturated heterocycles. The fourth-order valence-corrected chi connectivity index (χ4v) is 5.78. The van der Waals surface area contributed by atoms with Gasteiger partial charge in [-0.3, -0.25) is 4.79 Å². The van der Waals surface area contributed by atoms with E-state index in [1.807, 2.05) is 0 Å². The Morgan fingerprint density at radius 1 is 1.26 bits per heavy atom. The molecule has 1 aromatic heterocycles. The largest absolute Gasteiger partial charge is 0.492 e. The van der Waals surface area contributed by atoms with Gasteiger partial charge in [-0.05, 0) is 58.2 Å². The number of hydrogen-bond acceptors (Lipinski definition) is 6. The van der Waals surface area contributed by atoms with Crippen molar-refractivity contribution in [1.29, 1.82) is 0 Å². The molecular weight excluding hydrogens is 442 g/mol. The zero-order valence-electron chi connectivity index (χ0n) is 17.8. The Balaban J connectivity index is 2.06. The Hall–Kier alpha value is -2.32. The number of nitrogens with zero attached hydrogens (tertiary/aromatic N) is 1. The molecule has 1 aliphatic carbocycles. The highest BCUT2D eigenvalue weighted by atomic mass is 35.5. The number of carbonyl (C=O) groups is 1. The van der Waals surface area contributed by atoms with Gasteiger partial charge in [-0.1, -0.05) is 11.6 Å². The van der Waals surface area contributed by atoms with E-state index in [0.717, 1.165) is 12.8 Å². The summed E-state index contributed by atoms with van der Waals surface area (Å²) in [5.41, 5.74) is 0.622. The molecule has 2 heterocycles. The lowest BCUT2D eigenvalue weighted by Gasteiger charge is -2.29. The summed E-state index contributed by atoms with van der Waals surface area (Å²) in [4.78, 5) is 26.0. The molecule has 1 aromatic carbocycles. The second-order valence-corrected chi connectivity index (χ2v) is 10.8. The average Bonchev–Trinajstić information content (AvgIpc) is 3.51. The molecule has 31 heavy (non-hydrogen) atoms. The first-order valence-electron chi connectivity index (χ1n) is 10.3.